The molecule has 0 aliphatic heterocycles. The molecule has 2 aromatic carbocycles. The lowest BCUT2D eigenvalue weighted by molar-refractivity contribution is -0.108. The highest BCUT2D eigenvalue weighted by atomic mass is 16.1. The minimum atomic E-state index is 0.0723. The molecule has 5 rings (SSSR count). The lowest BCUT2D eigenvalue weighted by atomic mass is 9.54. The van der Waals surface area contributed by atoms with Crippen molar-refractivity contribution < 1.29 is 4.79 Å². The van der Waals surface area contributed by atoms with Gasteiger partial charge < -0.3 is 4.79 Å². The maximum atomic E-state index is 10.9. The molecular weight excluding hydrogens is 244 g/mol. The van der Waals surface area contributed by atoms with Crippen molar-refractivity contribution in [3.63, 3.8) is 0 Å². The van der Waals surface area contributed by atoms with E-state index in [1.165, 1.54) is 35.1 Å². The minimum absolute atomic E-state index is 0.0723. The van der Waals surface area contributed by atoms with E-state index in [-0.39, 0.29) is 5.41 Å². The number of aldehydes is 1. The first-order valence-corrected chi connectivity index (χ1v) is 7.49. The van der Waals surface area contributed by atoms with E-state index in [1.807, 2.05) is 0 Å². The minimum Gasteiger partial charge on any atom is -0.303 e. The normalized spacial score (nSPS) is 25.9. The molecule has 0 aromatic heterocycles. The first kappa shape index (κ1) is 11.9. The van der Waals surface area contributed by atoms with Gasteiger partial charge in [-0.25, -0.2) is 0 Å². The van der Waals surface area contributed by atoms with Crippen molar-refractivity contribution in [1.29, 1.82) is 0 Å². The summed E-state index contributed by atoms with van der Waals surface area (Å²) >= 11 is 0. The monoisotopic (exact) mass is 262 g/mol. The summed E-state index contributed by atoms with van der Waals surface area (Å²) < 4.78 is 0. The van der Waals surface area contributed by atoms with E-state index >= 15 is 0 Å². The zero-order chi connectivity index (χ0) is 13.6. The summed E-state index contributed by atoms with van der Waals surface area (Å²) in [5.74, 6) is 0.556. The van der Waals surface area contributed by atoms with E-state index in [2.05, 4.69) is 48.5 Å². The van der Waals surface area contributed by atoms with Crippen LogP contribution in [0.1, 0.15) is 53.9 Å². The van der Waals surface area contributed by atoms with Gasteiger partial charge in [0.15, 0.2) is 0 Å². The average molecular weight is 262 g/mol. The molecule has 0 saturated heterocycles. The number of carbonyl (C=O) groups excluding carboxylic acids is 1. The van der Waals surface area contributed by atoms with Crippen LogP contribution in [0.4, 0.5) is 0 Å². The smallest absolute Gasteiger partial charge is 0.120 e. The zero-order valence-corrected chi connectivity index (χ0v) is 11.5. The third-order valence-electron chi connectivity index (χ3n) is 5.25. The Bertz CT molecular complexity index is 623. The van der Waals surface area contributed by atoms with Crippen molar-refractivity contribution in [1.82, 2.24) is 0 Å². The zero-order valence-electron chi connectivity index (χ0n) is 11.5. The molecule has 0 spiro atoms. The van der Waals surface area contributed by atoms with E-state index in [0.717, 1.165) is 12.7 Å². The standard InChI is InChI=1S/C19H18O/c20-13-5-11-19-12-10-14(15-6-1-3-8-17(15)19)16-7-2-4-9-18(16)19/h1-4,6-9,13-14H,5,10-12H2. The van der Waals surface area contributed by atoms with Gasteiger partial charge in [-0.3, -0.25) is 0 Å². The number of carbonyl (C=O) groups is 1. The van der Waals surface area contributed by atoms with E-state index in [1.54, 1.807) is 0 Å². The van der Waals surface area contributed by atoms with Crippen LogP contribution in [0.15, 0.2) is 48.5 Å². The molecule has 100 valence electrons. The van der Waals surface area contributed by atoms with Crippen molar-refractivity contribution in [2.45, 2.75) is 37.0 Å². The van der Waals surface area contributed by atoms with Crippen LogP contribution >= 0.6 is 0 Å². The Hall–Kier alpha value is -1.89. The van der Waals surface area contributed by atoms with Crippen LogP contribution in [0.25, 0.3) is 0 Å². The van der Waals surface area contributed by atoms with E-state index in [9.17, 15) is 4.79 Å². The number of hydrogen-bond donors (Lipinski definition) is 0. The Morgan fingerprint density at radius 2 is 1.60 bits per heavy atom. The largest absolute Gasteiger partial charge is 0.303 e. The Balaban J connectivity index is 1.99. The highest BCUT2D eigenvalue weighted by molar-refractivity contribution is 5.60. The third-order valence-corrected chi connectivity index (χ3v) is 5.25. The van der Waals surface area contributed by atoms with Gasteiger partial charge in [0.1, 0.15) is 6.29 Å². The van der Waals surface area contributed by atoms with Crippen molar-refractivity contribution in [2.75, 3.05) is 0 Å². The first-order chi connectivity index (χ1) is 9.87. The number of rotatable bonds is 3. The van der Waals surface area contributed by atoms with Crippen LogP contribution < -0.4 is 0 Å². The highest BCUT2D eigenvalue weighted by Gasteiger charge is 2.47. The van der Waals surface area contributed by atoms with Crippen LogP contribution in [-0.4, -0.2) is 6.29 Å². The summed E-state index contributed by atoms with van der Waals surface area (Å²) in [5.41, 5.74) is 5.99. The molecule has 0 unspecified atom stereocenters. The van der Waals surface area contributed by atoms with Crippen molar-refractivity contribution in [3.05, 3.63) is 70.8 Å². The number of benzene rings is 2. The molecule has 0 saturated carbocycles. The van der Waals surface area contributed by atoms with Gasteiger partial charge in [0.2, 0.25) is 0 Å². The molecule has 0 N–H and O–H groups in total. The molecule has 2 bridgehead atoms. The maximum absolute atomic E-state index is 10.9. The molecular formula is C19H18O. The van der Waals surface area contributed by atoms with E-state index in [4.69, 9.17) is 0 Å². The van der Waals surface area contributed by atoms with Gasteiger partial charge in [-0.1, -0.05) is 48.5 Å². The van der Waals surface area contributed by atoms with Crippen molar-refractivity contribution in [3.8, 4) is 0 Å². The molecule has 1 nitrogen and oxygen atoms in total. The Morgan fingerprint density at radius 1 is 1.00 bits per heavy atom. The second-order valence-corrected chi connectivity index (χ2v) is 6.05. The molecule has 1 heteroatoms. The topological polar surface area (TPSA) is 17.1 Å². The summed E-state index contributed by atoms with van der Waals surface area (Å²) in [6, 6.07) is 17.7. The third kappa shape index (κ3) is 1.41. The van der Waals surface area contributed by atoms with Crippen LogP contribution in [0, 0.1) is 0 Å². The quantitative estimate of drug-likeness (QED) is 0.758. The molecule has 0 heterocycles. The molecule has 2 aromatic rings. The highest BCUT2D eigenvalue weighted by Crippen LogP contribution is 2.57. The summed E-state index contributed by atoms with van der Waals surface area (Å²) in [4.78, 5) is 10.9. The van der Waals surface area contributed by atoms with Crippen molar-refractivity contribution in [2.24, 2.45) is 0 Å². The maximum Gasteiger partial charge on any atom is 0.120 e. The van der Waals surface area contributed by atoms with Crippen LogP contribution in [0.3, 0.4) is 0 Å². The fourth-order valence-corrected chi connectivity index (χ4v) is 4.46. The molecule has 0 fully saturated rings. The molecule has 3 aliphatic carbocycles. The SMILES string of the molecule is O=CCCC12CCC(c3ccccc31)c1ccccc12. The second kappa shape index (κ2) is 4.31. The van der Waals surface area contributed by atoms with Crippen LogP contribution in [-0.2, 0) is 10.2 Å². The molecule has 20 heavy (non-hydrogen) atoms. The first-order valence-electron chi connectivity index (χ1n) is 7.49. The lowest BCUT2D eigenvalue weighted by Gasteiger charge is -2.49. The van der Waals surface area contributed by atoms with Gasteiger partial charge in [0, 0.05) is 17.8 Å². The Morgan fingerprint density at radius 3 is 2.20 bits per heavy atom. The van der Waals surface area contributed by atoms with E-state index in [0.29, 0.717) is 12.3 Å². The molecule has 0 atom stereocenters. The molecule has 0 amide bonds. The van der Waals surface area contributed by atoms with Gasteiger partial charge in [0.25, 0.3) is 0 Å². The van der Waals surface area contributed by atoms with Crippen LogP contribution in [0.5, 0.6) is 0 Å². The fourth-order valence-electron chi connectivity index (χ4n) is 4.46. The lowest BCUT2D eigenvalue weighted by Crippen LogP contribution is -2.40. The van der Waals surface area contributed by atoms with Gasteiger partial charge in [-0.05, 0) is 41.5 Å². The summed E-state index contributed by atoms with van der Waals surface area (Å²) in [5, 5.41) is 0. The van der Waals surface area contributed by atoms with E-state index < -0.39 is 0 Å². The van der Waals surface area contributed by atoms with Gasteiger partial charge in [-0.15, -0.1) is 0 Å². The Kier molecular flexibility index (Phi) is 2.56. The van der Waals surface area contributed by atoms with Crippen molar-refractivity contribution >= 4 is 6.29 Å². The van der Waals surface area contributed by atoms with Gasteiger partial charge in [0.05, 0.1) is 0 Å². The average Bonchev–Trinajstić information content (AvgIpc) is 2.54. The second-order valence-electron chi connectivity index (χ2n) is 6.05. The fraction of sp³-hybridized carbons (Fsp3) is 0.316. The van der Waals surface area contributed by atoms with Gasteiger partial charge >= 0.3 is 0 Å². The summed E-state index contributed by atoms with van der Waals surface area (Å²) in [6.45, 7) is 0. The molecule has 0 radical (unpaired) electrons. The van der Waals surface area contributed by atoms with Gasteiger partial charge in [-0.2, -0.15) is 0 Å². The number of fused-ring (bicyclic) bond motifs is 1. The summed E-state index contributed by atoms with van der Waals surface area (Å²) in [6.07, 6.45) is 5.05. The predicted molar refractivity (Wildman–Crippen MR) is 80.0 cm³/mol. The Labute approximate surface area is 119 Å². The predicted octanol–water partition coefficient (Wildman–Crippen LogP) is 4.19. The van der Waals surface area contributed by atoms with Crippen LogP contribution in [0.2, 0.25) is 0 Å². The summed E-state index contributed by atoms with van der Waals surface area (Å²) in [7, 11) is 0. The number of hydrogen-bond acceptors (Lipinski definition) is 1. The molecule has 3 aliphatic rings.